The maximum Gasteiger partial charge on any atom is 0.328 e. The number of aliphatic hydroxyl groups excluding tert-OH is 3. The fourth-order valence-electron chi connectivity index (χ4n) is 6.54. The average Bonchev–Trinajstić information content (AvgIpc) is 3.67. The number of aliphatic hydroxyl groups is 3. The topological polar surface area (TPSA) is 351 Å². The number of hydrogen-bond acceptors (Lipinski definition) is 14. The molecule has 10 unspecified atom stereocenters. The molecule has 22 nitrogen and oxygen atoms in total. The average molecular weight is 872 g/mol. The second-order valence-electron chi connectivity index (χ2n) is 16.6. The SMILES string of the molecule is COC(=O)C(CC(C)C)NC(=O)C(NC(=O)C(NC(=O)C(CC(C)C)NC(=O)C1CCCN1C(=O)C(NC(=O)C(CCC(N)=O)NC(=O)C(N)CO)C(C)O)C(C)C)C(C)O. The van der Waals surface area contributed by atoms with E-state index in [0.29, 0.717) is 6.42 Å². The van der Waals surface area contributed by atoms with Gasteiger partial charge in [0, 0.05) is 13.0 Å². The number of carbonyl (C=O) groups is 9. The van der Waals surface area contributed by atoms with E-state index in [4.69, 9.17) is 16.2 Å². The maximum absolute atomic E-state index is 13.9. The van der Waals surface area contributed by atoms with E-state index in [-0.39, 0.29) is 50.5 Å². The van der Waals surface area contributed by atoms with Gasteiger partial charge in [0.05, 0.1) is 25.9 Å². The molecule has 0 radical (unpaired) electrons. The summed E-state index contributed by atoms with van der Waals surface area (Å²) in [6.07, 6.45) is -2.77. The Bertz CT molecular complexity index is 1540. The first-order chi connectivity index (χ1) is 28.4. The lowest BCUT2D eigenvalue weighted by atomic mass is 9.98. The summed E-state index contributed by atoms with van der Waals surface area (Å²) in [7, 11) is 1.16. The van der Waals surface area contributed by atoms with Gasteiger partial charge in [0.2, 0.25) is 47.3 Å². The fourth-order valence-corrected chi connectivity index (χ4v) is 6.54. The molecule has 1 aliphatic heterocycles. The van der Waals surface area contributed by atoms with E-state index >= 15 is 0 Å². The van der Waals surface area contributed by atoms with Crippen LogP contribution in [0.3, 0.4) is 0 Å². The molecule has 0 bridgehead atoms. The summed E-state index contributed by atoms with van der Waals surface area (Å²) >= 11 is 0. The van der Waals surface area contributed by atoms with Crippen molar-refractivity contribution in [2.75, 3.05) is 20.3 Å². The van der Waals surface area contributed by atoms with Gasteiger partial charge in [-0.25, -0.2) is 4.79 Å². The minimum atomic E-state index is -1.63. The smallest absolute Gasteiger partial charge is 0.328 e. The van der Waals surface area contributed by atoms with Gasteiger partial charge in [0.25, 0.3) is 0 Å². The van der Waals surface area contributed by atoms with Gasteiger partial charge in [-0.15, -0.1) is 0 Å². The Kier molecular flexibility index (Phi) is 22.8. The Morgan fingerprint density at radius 3 is 1.66 bits per heavy atom. The Balaban J connectivity index is 3.27. The molecule has 348 valence electrons. The first-order valence-electron chi connectivity index (χ1n) is 20.6. The zero-order valence-electron chi connectivity index (χ0n) is 36.7. The van der Waals surface area contributed by atoms with Crippen molar-refractivity contribution in [3.8, 4) is 0 Å². The van der Waals surface area contributed by atoms with Crippen molar-refractivity contribution in [2.24, 2.45) is 29.2 Å². The molecule has 0 saturated carbocycles. The monoisotopic (exact) mass is 872 g/mol. The Hall–Kier alpha value is -4.93. The van der Waals surface area contributed by atoms with Crippen molar-refractivity contribution in [1.82, 2.24) is 36.8 Å². The van der Waals surface area contributed by atoms with Gasteiger partial charge in [-0.2, -0.15) is 0 Å². The number of nitrogens with two attached hydrogens (primary N) is 2. The molecule has 1 saturated heterocycles. The van der Waals surface area contributed by atoms with Crippen molar-refractivity contribution >= 4 is 53.2 Å². The van der Waals surface area contributed by atoms with Gasteiger partial charge in [-0.3, -0.25) is 38.4 Å². The highest BCUT2D eigenvalue weighted by Gasteiger charge is 2.42. The fraction of sp³-hybridized carbons (Fsp3) is 0.769. The van der Waals surface area contributed by atoms with Gasteiger partial charge in [-0.05, 0) is 63.7 Å². The minimum Gasteiger partial charge on any atom is -0.467 e. The lowest BCUT2D eigenvalue weighted by molar-refractivity contribution is -0.146. The van der Waals surface area contributed by atoms with Crippen molar-refractivity contribution in [3.05, 3.63) is 0 Å². The normalized spacial score (nSPS) is 18.4. The molecule has 0 aromatic rings. The quantitative estimate of drug-likeness (QED) is 0.0392. The molecule has 61 heavy (non-hydrogen) atoms. The number of amides is 8. The van der Waals surface area contributed by atoms with Crippen LogP contribution in [0.2, 0.25) is 0 Å². The Morgan fingerprint density at radius 2 is 1.16 bits per heavy atom. The summed E-state index contributed by atoms with van der Waals surface area (Å²) in [5.41, 5.74) is 10.8. The van der Waals surface area contributed by atoms with E-state index in [2.05, 4.69) is 31.9 Å². The van der Waals surface area contributed by atoms with Crippen LogP contribution >= 0.6 is 0 Å². The number of likely N-dealkylation sites (tertiary alicyclic amines) is 1. The van der Waals surface area contributed by atoms with Crippen molar-refractivity contribution < 1.29 is 63.2 Å². The largest absolute Gasteiger partial charge is 0.467 e. The molecule has 1 fully saturated rings. The first kappa shape index (κ1) is 54.1. The van der Waals surface area contributed by atoms with E-state index in [1.807, 2.05) is 13.8 Å². The van der Waals surface area contributed by atoms with Crippen molar-refractivity contribution in [3.63, 3.8) is 0 Å². The molecule has 22 heteroatoms. The number of carbonyl (C=O) groups excluding carboxylic acids is 9. The Morgan fingerprint density at radius 1 is 0.672 bits per heavy atom. The summed E-state index contributed by atoms with van der Waals surface area (Å²) in [4.78, 5) is 119. The van der Waals surface area contributed by atoms with Crippen LogP contribution in [0.25, 0.3) is 0 Å². The third-order valence-corrected chi connectivity index (χ3v) is 9.89. The predicted octanol–water partition coefficient (Wildman–Crippen LogP) is -3.85. The lowest BCUT2D eigenvalue weighted by Gasteiger charge is -2.32. The van der Waals surface area contributed by atoms with Crippen LogP contribution < -0.4 is 43.4 Å². The van der Waals surface area contributed by atoms with Crippen LogP contribution in [0.4, 0.5) is 0 Å². The van der Waals surface area contributed by atoms with Crippen LogP contribution in [0.5, 0.6) is 0 Å². The molecular weight excluding hydrogens is 802 g/mol. The highest BCUT2D eigenvalue weighted by atomic mass is 16.5. The third kappa shape index (κ3) is 17.5. The number of nitrogens with one attached hydrogen (secondary N) is 6. The van der Waals surface area contributed by atoms with Crippen LogP contribution in [0.1, 0.15) is 93.9 Å². The molecule has 0 aromatic heterocycles. The van der Waals surface area contributed by atoms with E-state index in [1.165, 1.54) is 13.8 Å². The molecule has 10 atom stereocenters. The maximum atomic E-state index is 13.9. The third-order valence-electron chi connectivity index (χ3n) is 9.89. The number of methoxy groups -OCH3 is 1. The molecule has 13 N–H and O–H groups in total. The van der Waals surface area contributed by atoms with Crippen LogP contribution in [0.15, 0.2) is 0 Å². The molecule has 0 spiro atoms. The lowest BCUT2D eigenvalue weighted by Crippen LogP contribution is -2.62. The van der Waals surface area contributed by atoms with Gasteiger partial charge in [-0.1, -0.05) is 41.5 Å². The van der Waals surface area contributed by atoms with Gasteiger partial charge in [0.1, 0.15) is 48.3 Å². The minimum absolute atomic E-state index is 0.0180. The highest BCUT2D eigenvalue weighted by Crippen LogP contribution is 2.21. The first-order valence-corrected chi connectivity index (χ1v) is 20.6. The molecule has 0 aliphatic carbocycles. The molecular formula is C39H69N9O13. The zero-order valence-corrected chi connectivity index (χ0v) is 36.7. The van der Waals surface area contributed by atoms with Crippen LogP contribution in [-0.2, 0) is 47.9 Å². The van der Waals surface area contributed by atoms with Gasteiger partial charge in [0.15, 0.2) is 0 Å². The molecule has 1 aliphatic rings. The van der Waals surface area contributed by atoms with Gasteiger partial charge >= 0.3 is 5.97 Å². The Labute approximate surface area is 356 Å². The summed E-state index contributed by atoms with van der Waals surface area (Å²) in [6, 6.07) is -10.7. The van der Waals surface area contributed by atoms with Gasteiger partial charge < -0.3 is 68.3 Å². The van der Waals surface area contributed by atoms with E-state index in [0.717, 1.165) is 12.0 Å². The number of primary amides is 1. The summed E-state index contributed by atoms with van der Waals surface area (Å²) < 4.78 is 4.79. The van der Waals surface area contributed by atoms with Crippen LogP contribution in [-0.4, -0.2) is 154 Å². The van der Waals surface area contributed by atoms with E-state index < -0.39 is 126 Å². The second kappa shape index (κ2) is 25.8. The second-order valence-corrected chi connectivity index (χ2v) is 16.6. The number of nitrogens with zero attached hydrogens (tertiary/aromatic N) is 1. The van der Waals surface area contributed by atoms with Crippen LogP contribution in [0, 0.1) is 17.8 Å². The number of hydrogen-bond donors (Lipinski definition) is 11. The number of ether oxygens (including phenoxy) is 1. The van der Waals surface area contributed by atoms with E-state index in [1.54, 1.807) is 27.7 Å². The zero-order chi connectivity index (χ0) is 46.9. The van der Waals surface area contributed by atoms with Crippen molar-refractivity contribution in [2.45, 2.75) is 154 Å². The predicted molar refractivity (Wildman–Crippen MR) is 219 cm³/mol. The van der Waals surface area contributed by atoms with E-state index in [9.17, 15) is 58.5 Å². The standard InChI is InChI=1S/C39H69N9O13/c1-18(2)15-25(34(55)45-29(20(5)6)36(57)46-30(21(7)50)37(58)44-26(16-19(3)4)39(60)61-9)43-35(56)27-11-10-14-48(27)38(59)31(22(8)51)47-33(54)24(12-13-28(41)52)42-32(53)23(40)17-49/h18-27,29-31,49-51H,10-17,40H2,1-9H3,(H2,41,52)(H,42,53)(H,43,56)(H,44,58)(H,45,55)(H,46,57)(H,47,54). The number of rotatable bonds is 25. The molecule has 1 heterocycles. The van der Waals surface area contributed by atoms with Crippen molar-refractivity contribution in [1.29, 1.82) is 0 Å². The molecule has 1 rings (SSSR count). The number of esters is 1. The summed E-state index contributed by atoms with van der Waals surface area (Å²) in [5, 5.41) is 45.3. The summed E-state index contributed by atoms with van der Waals surface area (Å²) in [6.45, 7) is 12.3. The molecule has 8 amide bonds. The highest BCUT2D eigenvalue weighted by molar-refractivity contribution is 5.98. The summed E-state index contributed by atoms with van der Waals surface area (Å²) in [5.74, 6) is -8.18. The molecule has 0 aromatic carbocycles.